The quantitative estimate of drug-likeness (QED) is 0.502. The largest absolute Gasteiger partial charge is 0.502 e. The minimum Gasteiger partial charge on any atom is -0.502 e. The van der Waals surface area contributed by atoms with Crippen LogP contribution in [0.2, 0.25) is 0 Å². The highest BCUT2D eigenvalue weighted by atomic mass is 16.5. The number of nitrogens with one attached hydrogen (secondary N) is 1. The zero-order chi connectivity index (χ0) is 23.0. The number of aliphatic hydroxyl groups excluding tert-OH is 1. The monoisotopic (exact) mass is 445 g/mol. The van der Waals surface area contributed by atoms with Crippen molar-refractivity contribution in [2.45, 2.75) is 18.9 Å². The van der Waals surface area contributed by atoms with E-state index in [1.165, 1.54) is 11.9 Å². The number of H-pyrrole nitrogens is 1. The van der Waals surface area contributed by atoms with E-state index in [0.29, 0.717) is 0 Å². The second kappa shape index (κ2) is 10.9. The van der Waals surface area contributed by atoms with Crippen LogP contribution in [0.15, 0.2) is 59.7 Å². The van der Waals surface area contributed by atoms with Crippen molar-refractivity contribution in [3.05, 3.63) is 93.2 Å². The number of morpholine rings is 1. The highest BCUT2D eigenvalue weighted by molar-refractivity contribution is 5.44. The standard InChI is InChI=1S/C26H27N3O4/c30-17-23(15-24-25(31)26(32)28-18-27-24)22-9-7-20(8-10-22)2-1-19-3-5-21(6-4-19)16-29-11-13-33-14-12-29/h3-10,18,23,30-31H,11-17H2,(H,27,28,32). The van der Waals surface area contributed by atoms with Crippen molar-refractivity contribution < 1.29 is 14.9 Å². The molecule has 2 heterocycles. The third-order valence-electron chi connectivity index (χ3n) is 5.76. The Morgan fingerprint density at radius 1 is 1.03 bits per heavy atom. The fourth-order valence-electron chi connectivity index (χ4n) is 3.79. The third kappa shape index (κ3) is 6.08. The van der Waals surface area contributed by atoms with E-state index in [-0.39, 0.29) is 24.6 Å². The first-order valence-electron chi connectivity index (χ1n) is 11.0. The van der Waals surface area contributed by atoms with Crippen LogP contribution in [0.1, 0.15) is 33.9 Å². The molecule has 170 valence electrons. The van der Waals surface area contributed by atoms with E-state index in [0.717, 1.165) is 49.5 Å². The van der Waals surface area contributed by atoms with E-state index < -0.39 is 11.3 Å². The predicted octanol–water partition coefficient (Wildman–Crippen LogP) is 2.03. The van der Waals surface area contributed by atoms with Crippen molar-refractivity contribution in [3.8, 4) is 17.6 Å². The first-order chi connectivity index (χ1) is 16.1. The Morgan fingerprint density at radius 2 is 1.67 bits per heavy atom. The SMILES string of the molecule is O=c1[nH]cnc(CC(CO)c2ccc(C#Cc3ccc(CN4CCOCC4)cc3)cc2)c1O. The molecule has 1 unspecified atom stereocenters. The van der Waals surface area contributed by atoms with Crippen LogP contribution in [0.4, 0.5) is 0 Å². The van der Waals surface area contributed by atoms with Crippen molar-refractivity contribution in [1.29, 1.82) is 0 Å². The smallest absolute Gasteiger partial charge is 0.293 e. The second-order valence-corrected chi connectivity index (χ2v) is 8.07. The summed E-state index contributed by atoms with van der Waals surface area (Å²) in [5.74, 6) is 5.67. The lowest BCUT2D eigenvalue weighted by Gasteiger charge is -2.26. The van der Waals surface area contributed by atoms with Crippen LogP contribution in [0.25, 0.3) is 0 Å². The highest BCUT2D eigenvalue weighted by Gasteiger charge is 2.16. The summed E-state index contributed by atoms with van der Waals surface area (Å²) in [6, 6.07) is 15.9. The zero-order valence-electron chi connectivity index (χ0n) is 18.3. The molecule has 2 aromatic carbocycles. The minimum absolute atomic E-state index is 0.129. The number of aromatic hydroxyl groups is 1. The van der Waals surface area contributed by atoms with Crippen LogP contribution in [0, 0.1) is 11.8 Å². The molecule has 0 amide bonds. The molecule has 0 saturated carbocycles. The Balaban J connectivity index is 1.39. The van der Waals surface area contributed by atoms with Gasteiger partial charge in [-0.1, -0.05) is 36.1 Å². The van der Waals surface area contributed by atoms with Gasteiger partial charge in [0, 0.05) is 43.1 Å². The van der Waals surface area contributed by atoms with E-state index in [9.17, 15) is 15.0 Å². The Morgan fingerprint density at radius 3 is 2.30 bits per heavy atom. The Labute approximate surface area is 192 Å². The van der Waals surface area contributed by atoms with E-state index in [4.69, 9.17) is 4.74 Å². The van der Waals surface area contributed by atoms with E-state index in [2.05, 4.69) is 38.8 Å². The van der Waals surface area contributed by atoms with Crippen LogP contribution < -0.4 is 5.56 Å². The Hall–Kier alpha value is -3.44. The molecule has 1 aliphatic heterocycles. The summed E-state index contributed by atoms with van der Waals surface area (Å²) in [6.07, 6.45) is 1.51. The molecule has 1 saturated heterocycles. The van der Waals surface area contributed by atoms with Crippen molar-refractivity contribution in [1.82, 2.24) is 14.9 Å². The lowest BCUT2D eigenvalue weighted by molar-refractivity contribution is 0.0342. The summed E-state index contributed by atoms with van der Waals surface area (Å²) in [7, 11) is 0. The summed E-state index contributed by atoms with van der Waals surface area (Å²) in [6.45, 7) is 4.33. The van der Waals surface area contributed by atoms with Crippen molar-refractivity contribution >= 4 is 0 Å². The lowest BCUT2D eigenvalue weighted by atomic mass is 9.94. The molecule has 1 aliphatic rings. The first kappa shape index (κ1) is 22.7. The highest BCUT2D eigenvalue weighted by Crippen LogP contribution is 2.22. The van der Waals surface area contributed by atoms with Gasteiger partial charge < -0.3 is 19.9 Å². The van der Waals surface area contributed by atoms with Gasteiger partial charge in [0.05, 0.1) is 31.8 Å². The summed E-state index contributed by atoms with van der Waals surface area (Å²) >= 11 is 0. The number of benzene rings is 2. The van der Waals surface area contributed by atoms with E-state index >= 15 is 0 Å². The molecule has 0 aliphatic carbocycles. The molecule has 33 heavy (non-hydrogen) atoms. The topological polar surface area (TPSA) is 98.7 Å². The second-order valence-electron chi connectivity index (χ2n) is 8.07. The van der Waals surface area contributed by atoms with Crippen LogP contribution in [0.5, 0.6) is 5.75 Å². The Kier molecular flexibility index (Phi) is 7.53. The van der Waals surface area contributed by atoms with Crippen LogP contribution in [0.3, 0.4) is 0 Å². The van der Waals surface area contributed by atoms with Gasteiger partial charge in [0.2, 0.25) is 5.75 Å². The maximum atomic E-state index is 11.6. The van der Waals surface area contributed by atoms with Crippen molar-refractivity contribution in [2.75, 3.05) is 32.9 Å². The van der Waals surface area contributed by atoms with Crippen molar-refractivity contribution in [3.63, 3.8) is 0 Å². The summed E-state index contributed by atoms with van der Waals surface area (Å²) in [4.78, 5) is 20.3. The van der Waals surface area contributed by atoms with Crippen LogP contribution >= 0.6 is 0 Å². The number of nitrogens with zero attached hydrogens (tertiary/aromatic N) is 2. The molecular formula is C26H27N3O4. The number of rotatable bonds is 6. The van der Waals surface area contributed by atoms with Gasteiger partial charge >= 0.3 is 0 Å². The summed E-state index contributed by atoms with van der Waals surface area (Å²) < 4.78 is 5.40. The molecule has 7 nitrogen and oxygen atoms in total. The van der Waals surface area contributed by atoms with Gasteiger partial charge in [-0.2, -0.15) is 0 Å². The lowest BCUT2D eigenvalue weighted by Crippen LogP contribution is -2.35. The van der Waals surface area contributed by atoms with Gasteiger partial charge in [0.25, 0.3) is 5.56 Å². The number of ether oxygens (including phenoxy) is 1. The molecule has 7 heteroatoms. The molecular weight excluding hydrogens is 418 g/mol. The normalized spacial score (nSPS) is 14.9. The number of hydrogen-bond acceptors (Lipinski definition) is 6. The van der Waals surface area contributed by atoms with Crippen LogP contribution in [-0.2, 0) is 17.7 Å². The van der Waals surface area contributed by atoms with Gasteiger partial charge in [-0.15, -0.1) is 0 Å². The number of aromatic amines is 1. The summed E-state index contributed by atoms with van der Waals surface area (Å²) in [5.41, 5.74) is 3.65. The predicted molar refractivity (Wildman–Crippen MR) is 125 cm³/mol. The molecule has 0 spiro atoms. The molecule has 1 atom stereocenters. The fraction of sp³-hybridized carbons (Fsp3) is 0.308. The first-order valence-corrected chi connectivity index (χ1v) is 11.0. The molecule has 3 aromatic rings. The fourth-order valence-corrected chi connectivity index (χ4v) is 3.79. The Bertz CT molecular complexity index is 1170. The average Bonchev–Trinajstić information content (AvgIpc) is 2.86. The van der Waals surface area contributed by atoms with Crippen LogP contribution in [-0.4, -0.2) is 58.0 Å². The number of aromatic nitrogens is 2. The van der Waals surface area contributed by atoms with E-state index in [1.807, 2.05) is 36.4 Å². The molecule has 0 bridgehead atoms. The molecule has 0 radical (unpaired) electrons. The average molecular weight is 446 g/mol. The van der Waals surface area contributed by atoms with Gasteiger partial charge in [0.15, 0.2) is 0 Å². The molecule has 3 N–H and O–H groups in total. The maximum Gasteiger partial charge on any atom is 0.293 e. The van der Waals surface area contributed by atoms with E-state index in [1.54, 1.807) is 0 Å². The third-order valence-corrected chi connectivity index (χ3v) is 5.76. The zero-order valence-corrected chi connectivity index (χ0v) is 18.3. The maximum absolute atomic E-state index is 11.6. The molecule has 1 fully saturated rings. The summed E-state index contributed by atoms with van der Waals surface area (Å²) in [5, 5.41) is 19.7. The van der Waals surface area contributed by atoms with Crippen molar-refractivity contribution in [2.24, 2.45) is 0 Å². The van der Waals surface area contributed by atoms with Gasteiger partial charge in [-0.25, -0.2) is 4.98 Å². The van der Waals surface area contributed by atoms with Gasteiger partial charge in [-0.05, 0) is 35.4 Å². The van der Waals surface area contributed by atoms with Gasteiger partial charge in [-0.3, -0.25) is 9.69 Å². The molecule has 1 aromatic heterocycles. The molecule has 4 rings (SSSR count). The number of hydrogen-bond donors (Lipinski definition) is 3. The minimum atomic E-state index is -0.587. The van der Waals surface area contributed by atoms with Gasteiger partial charge in [0.1, 0.15) is 0 Å². The number of aliphatic hydroxyl groups is 1.